The Morgan fingerprint density at radius 3 is 2.38 bits per heavy atom. The number of carbonyl (C=O) groups is 2. The number of rotatable bonds is 2. The Morgan fingerprint density at radius 1 is 1.02 bits per heavy atom. The van der Waals surface area contributed by atoms with Gasteiger partial charge in [-0.25, -0.2) is 4.99 Å². The molecule has 0 bridgehead atoms. The van der Waals surface area contributed by atoms with Crippen LogP contribution >= 0.6 is 0 Å². The van der Waals surface area contributed by atoms with E-state index >= 15 is 0 Å². The van der Waals surface area contributed by atoms with Gasteiger partial charge in [-0.1, -0.05) is 60.1 Å². The normalized spacial score (nSPS) is 46.6. The molecule has 5 aliphatic carbocycles. The van der Waals surface area contributed by atoms with Crippen molar-refractivity contribution in [2.45, 2.75) is 99.5 Å². The molecule has 218 valence electrons. The van der Waals surface area contributed by atoms with Gasteiger partial charge in [-0.15, -0.1) is 5.11 Å². The summed E-state index contributed by atoms with van der Waals surface area (Å²) in [6.07, 6.45) is 9.60. The summed E-state index contributed by atoms with van der Waals surface area (Å²) in [4.78, 5) is 32.5. The summed E-state index contributed by atoms with van der Waals surface area (Å²) < 4.78 is 5.45. The second-order valence-electron chi connectivity index (χ2n) is 15.9. The molecule has 7 heteroatoms. The van der Waals surface area contributed by atoms with Crippen molar-refractivity contribution in [3.05, 3.63) is 23.3 Å². The molecule has 7 nitrogen and oxygen atoms in total. The van der Waals surface area contributed by atoms with Crippen molar-refractivity contribution in [3.8, 4) is 0 Å². The highest BCUT2D eigenvalue weighted by atomic mass is 16.5. The third kappa shape index (κ3) is 3.36. The van der Waals surface area contributed by atoms with Crippen LogP contribution in [-0.2, 0) is 14.3 Å². The fourth-order valence-corrected chi connectivity index (χ4v) is 10.8. The van der Waals surface area contributed by atoms with Gasteiger partial charge in [0, 0.05) is 16.9 Å². The van der Waals surface area contributed by atoms with Crippen molar-refractivity contribution in [1.82, 2.24) is 0 Å². The van der Waals surface area contributed by atoms with Gasteiger partial charge in [-0.2, -0.15) is 5.11 Å². The Labute approximate surface area is 239 Å². The number of hydrogen-bond donors (Lipinski definition) is 1. The van der Waals surface area contributed by atoms with Crippen LogP contribution in [0.5, 0.6) is 0 Å². The van der Waals surface area contributed by atoms with Crippen molar-refractivity contribution < 1.29 is 19.4 Å². The van der Waals surface area contributed by atoms with Crippen LogP contribution in [0.3, 0.4) is 0 Å². The molecular weight excluding hydrogens is 502 g/mol. The first-order valence-corrected chi connectivity index (χ1v) is 15.3. The van der Waals surface area contributed by atoms with Crippen LogP contribution in [0.2, 0.25) is 0 Å². The van der Waals surface area contributed by atoms with Gasteiger partial charge in [0.2, 0.25) is 0 Å². The lowest BCUT2D eigenvalue weighted by atomic mass is 9.34. The first-order chi connectivity index (χ1) is 18.6. The van der Waals surface area contributed by atoms with E-state index in [9.17, 15) is 14.7 Å². The first kappa shape index (κ1) is 28.0. The number of ether oxygens (including phenoxy) is 1. The second kappa shape index (κ2) is 8.45. The second-order valence-corrected chi connectivity index (χ2v) is 15.9. The number of aliphatic hydroxyl groups is 1. The van der Waals surface area contributed by atoms with Crippen molar-refractivity contribution in [2.24, 2.45) is 65.5 Å². The van der Waals surface area contributed by atoms with Gasteiger partial charge in [0.05, 0.1) is 18.6 Å². The highest BCUT2D eigenvalue weighted by Crippen LogP contribution is 2.74. The molecule has 6 rings (SSSR count). The number of aliphatic hydroxyl groups excluding tert-OH is 1. The van der Waals surface area contributed by atoms with Crippen molar-refractivity contribution in [1.29, 1.82) is 0 Å². The molecule has 1 heterocycles. The number of amidine groups is 1. The quantitative estimate of drug-likeness (QED) is 0.399. The summed E-state index contributed by atoms with van der Waals surface area (Å²) in [5.74, 6) is 0.483. The fourth-order valence-electron chi connectivity index (χ4n) is 10.8. The number of aliphatic imine (C=N–C) groups is 1. The zero-order valence-corrected chi connectivity index (χ0v) is 25.6. The van der Waals surface area contributed by atoms with Gasteiger partial charge in [-0.05, 0) is 84.5 Å². The molecule has 0 aromatic carbocycles. The molecular formula is C33H47N3O4. The van der Waals surface area contributed by atoms with Gasteiger partial charge in [0.1, 0.15) is 0 Å². The number of azo groups is 1. The first-order valence-electron chi connectivity index (χ1n) is 15.3. The van der Waals surface area contributed by atoms with E-state index in [1.807, 2.05) is 6.08 Å². The number of fused-ring (bicyclic) bond motifs is 7. The highest BCUT2D eigenvalue weighted by Gasteiger charge is 2.71. The lowest BCUT2D eigenvalue weighted by Gasteiger charge is -2.69. The van der Waals surface area contributed by atoms with Gasteiger partial charge in [-0.3, -0.25) is 9.59 Å². The number of methoxy groups -OCH3 is 1. The van der Waals surface area contributed by atoms with Gasteiger partial charge < -0.3 is 9.84 Å². The lowest BCUT2D eigenvalue weighted by Crippen LogP contribution is -2.66. The molecule has 0 aromatic heterocycles. The minimum Gasteiger partial charge on any atom is -0.469 e. The maximum atomic E-state index is 14.6. The maximum absolute atomic E-state index is 14.6. The molecule has 3 fully saturated rings. The molecule has 0 amide bonds. The molecule has 6 aliphatic rings. The van der Waals surface area contributed by atoms with Crippen molar-refractivity contribution >= 4 is 17.6 Å². The summed E-state index contributed by atoms with van der Waals surface area (Å²) in [5.41, 5.74) is 0.0533. The molecule has 0 aromatic rings. The zero-order chi connectivity index (χ0) is 29.1. The monoisotopic (exact) mass is 549 g/mol. The average molecular weight is 550 g/mol. The molecule has 8 atom stereocenters. The molecule has 1 N–H and O–H groups in total. The standard InChI is InChI=1S/C33H47N3O4/c1-28(2)11-13-33(27(39)40-8)14-12-32(7)24(20(33)17-28)21(37)15-23-30(5)16-19(26-34-18-35-36-26)25(38)29(3,4)22(30)9-10-31(23,32)6/h15-16,20,22,24-25,38H,9-14,17-18H2,1-8H3/t20-,22?,24-,25?,30-,31+,32+,33-/m0/s1. The topological polar surface area (TPSA) is 101 Å². The summed E-state index contributed by atoms with van der Waals surface area (Å²) in [6, 6.07) is 0. The van der Waals surface area contributed by atoms with E-state index in [-0.39, 0.29) is 52.4 Å². The molecule has 3 saturated carbocycles. The number of allylic oxidation sites excluding steroid dienone is 3. The molecule has 1 aliphatic heterocycles. The van der Waals surface area contributed by atoms with E-state index in [0.717, 1.165) is 50.5 Å². The van der Waals surface area contributed by atoms with Crippen LogP contribution in [0.15, 0.2) is 38.5 Å². The predicted octanol–water partition coefficient (Wildman–Crippen LogP) is 6.47. The van der Waals surface area contributed by atoms with E-state index < -0.39 is 22.3 Å². The third-order valence-corrected chi connectivity index (χ3v) is 13.2. The SMILES string of the molecule is COC(=O)[C@]12CCC(C)(C)C[C@H]1[C@H]1C(=O)C=C3[C@@]4(C)C=C(C5=NCN=N5)C(O)C(C)(C)C4CC[C@@]3(C)[C@]1(C)CC2. The lowest BCUT2D eigenvalue weighted by molar-refractivity contribution is -0.191. The van der Waals surface area contributed by atoms with Gasteiger partial charge in [0.25, 0.3) is 0 Å². The molecule has 0 radical (unpaired) electrons. The summed E-state index contributed by atoms with van der Waals surface area (Å²) >= 11 is 0. The van der Waals surface area contributed by atoms with E-state index in [1.165, 1.54) is 12.7 Å². The Morgan fingerprint density at radius 2 is 1.73 bits per heavy atom. The molecule has 2 unspecified atom stereocenters. The predicted molar refractivity (Wildman–Crippen MR) is 153 cm³/mol. The maximum Gasteiger partial charge on any atom is 0.312 e. The minimum atomic E-state index is -0.700. The van der Waals surface area contributed by atoms with Crippen molar-refractivity contribution in [3.63, 3.8) is 0 Å². The number of nitrogens with zero attached hydrogens (tertiary/aromatic N) is 3. The number of hydrogen-bond acceptors (Lipinski definition) is 7. The fraction of sp³-hybridized carbons (Fsp3) is 0.788. The van der Waals surface area contributed by atoms with Crippen LogP contribution in [0.4, 0.5) is 0 Å². The Hall–Kier alpha value is -2.15. The van der Waals surface area contributed by atoms with Gasteiger partial charge >= 0.3 is 5.97 Å². The van der Waals surface area contributed by atoms with Crippen molar-refractivity contribution in [2.75, 3.05) is 13.8 Å². The van der Waals surface area contributed by atoms with E-state index in [4.69, 9.17) is 4.74 Å². The molecule has 0 saturated heterocycles. The molecule has 40 heavy (non-hydrogen) atoms. The van der Waals surface area contributed by atoms with Crippen LogP contribution in [0.25, 0.3) is 0 Å². The Kier molecular flexibility index (Phi) is 5.92. The number of esters is 1. The number of ketones is 1. The Balaban J connectivity index is 1.53. The third-order valence-electron chi connectivity index (χ3n) is 13.2. The average Bonchev–Trinajstić information content (AvgIpc) is 3.42. The number of carbonyl (C=O) groups excluding carboxylic acids is 2. The Bertz CT molecular complexity index is 1290. The van der Waals surface area contributed by atoms with Crippen LogP contribution in [0.1, 0.15) is 93.4 Å². The largest absolute Gasteiger partial charge is 0.469 e. The van der Waals surface area contributed by atoms with Crippen LogP contribution in [0, 0.1) is 50.2 Å². The summed E-state index contributed by atoms with van der Waals surface area (Å²) in [5, 5.41) is 19.9. The van der Waals surface area contributed by atoms with E-state index in [2.05, 4.69) is 69.8 Å². The smallest absolute Gasteiger partial charge is 0.312 e. The van der Waals surface area contributed by atoms with E-state index in [0.29, 0.717) is 5.84 Å². The highest BCUT2D eigenvalue weighted by molar-refractivity contribution is 6.01. The summed E-state index contributed by atoms with van der Waals surface area (Å²) in [6.45, 7) is 16.2. The van der Waals surface area contributed by atoms with E-state index in [1.54, 1.807) is 0 Å². The van der Waals surface area contributed by atoms with Crippen LogP contribution in [-0.4, -0.2) is 42.6 Å². The zero-order valence-electron chi connectivity index (χ0n) is 25.6. The summed E-state index contributed by atoms with van der Waals surface area (Å²) in [7, 11) is 1.50. The van der Waals surface area contributed by atoms with Gasteiger partial charge in [0.15, 0.2) is 18.3 Å². The molecule has 0 spiro atoms. The minimum absolute atomic E-state index is 0.0286. The van der Waals surface area contributed by atoms with Crippen LogP contribution < -0.4 is 0 Å².